The third-order valence-corrected chi connectivity index (χ3v) is 5.61. The molecule has 0 saturated heterocycles. The summed E-state index contributed by atoms with van der Waals surface area (Å²) in [7, 11) is 1.60. The zero-order valence-corrected chi connectivity index (χ0v) is 20.5. The Morgan fingerprint density at radius 1 is 0.939 bits per heavy atom. The molecule has 0 radical (unpaired) electrons. The van der Waals surface area contributed by atoms with Gasteiger partial charge in [-0.05, 0) is 53.9 Å². The molecular formula is C26H28Cl2N2O3. The fourth-order valence-electron chi connectivity index (χ4n) is 3.26. The molecule has 3 aromatic rings. The minimum absolute atomic E-state index is 0.0144. The van der Waals surface area contributed by atoms with Crippen LogP contribution >= 0.6 is 23.2 Å². The maximum absolute atomic E-state index is 12.0. The van der Waals surface area contributed by atoms with E-state index in [9.17, 15) is 4.79 Å². The molecule has 7 heteroatoms. The van der Waals surface area contributed by atoms with Gasteiger partial charge in [0.15, 0.2) is 11.5 Å². The zero-order chi connectivity index (χ0) is 23.8. The molecule has 0 heterocycles. The number of halogens is 2. The van der Waals surface area contributed by atoms with Gasteiger partial charge in [-0.3, -0.25) is 4.79 Å². The monoisotopic (exact) mass is 486 g/mol. The van der Waals surface area contributed by atoms with E-state index in [0.717, 1.165) is 22.5 Å². The summed E-state index contributed by atoms with van der Waals surface area (Å²) >= 11 is 12.5. The van der Waals surface area contributed by atoms with Gasteiger partial charge in [0.2, 0.25) is 5.91 Å². The Morgan fingerprint density at radius 2 is 1.64 bits per heavy atom. The Balaban J connectivity index is 1.62. The molecular weight excluding hydrogens is 459 g/mol. The van der Waals surface area contributed by atoms with Crippen molar-refractivity contribution in [3.63, 3.8) is 0 Å². The molecule has 2 N–H and O–H groups in total. The fraction of sp³-hybridized carbons (Fsp3) is 0.269. The van der Waals surface area contributed by atoms with Gasteiger partial charge in [0, 0.05) is 39.9 Å². The smallest absolute Gasteiger partial charge is 0.224 e. The fourth-order valence-corrected chi connectivity index (χ4v) is 3.76. The number of nitrogens with one attached hydrogen (secondary N) is 2. The number of hydrogen-bond acceptors (Lipinski definition) is 4. The second-order valence-electron chi connectivity index (χ2n) is 8.05. The average molecular weight is 487 g/mol. The van der Waals surface area contributed by atoms with Crippen LogP contribution in [-0.4, -0.2) is 13.0 Å². The van der Waals surface area contributed by atoms with Crippen LogP contribution in [0.4, 0.5) is 11.4 Å². The van der Waals surface area contributed by atoms with Crippen molar-refractivity contribution in [1.29, 1.82) is 0 Å². The van der Waals surface area contributed by atoms with Crippen LogP contribution < -0.4 is 20.1 Å². The first kappa shape index (κ1) is 24.7. The maximum Gasteiger partial charge on any atom is 0.224 e. The molecule has 0 aliphatic rings. The van der Waals surface area contributed by atoms with Gasteiger partial charge in [0.1, 0.15) is 6.61 Å². The standard InChI is InChI=1S/C26H28Cl2N2O3/c1-17(2)12-26(31)30-20-7-4-6-19(14-20)29-15-18-10-11-24(25(13-18)32-3)33-16-21-22(27)8-5-9-23(21)28/h4-11,13-14,17,29H,12,15-16H2,1-3H3,(H,30,31). The molecule has 0 aromatic heterocycles. The van der Waals surface area contributed by atoms with Crippen LogP contribution in [0.25, 0.3) is 0 Å². The Kier molecular flexibility index (Phi) is 8.87. The normalized spacial score (nSPS) is 10.7. The van der Waals surface area contributed by atoms with E-state index in [0.29, 0.717) is 40.4 Å². The lowest BCUT2D eigenvalue weighted by molar-refractivity contribution is -0.116. The molecule has 174 valence electrons. The van der Waals surface area contributed by atoms with Gasteiger partial charge in [0.25, 0.3) is 0 Å². The van der Waals surface area contributed by atoms with E-state index in [4.69, 9.17) is 32.7 Å². The van der Waals surface area contributed by atoms with E-state index in [-0.39, 0.29) is 12.5 Å². The van der Waals surface area contributed by atoms with Gasteiger partial charge in [-0.25, -0.2) is 0 Å². The van der Waals surface area contributed by atoms with Gasteiger partial charge in [-0.15, -0.1) is 0 Å². The van der Waals surface area contributed by atoms with Crippen LogP contribution in [0.15, 0.2) is 60.7 Å². The molecule has 33 heavy (non-hydrogen) atoms. The van der Waals surface area contributed by atoms with E-state index < -0.39 is 0 Å². The summed E-state index contributed by atoms with van der Waals surface area (Å²) in [5.41, 5.74) is 3.42. The van der Waals surface area contributed by atoms with E-state index in [1.165, 1.54) is 0 Å². The van der Waals surface area contributed by atoms with Crippen molar-refractivity contribution >= 4 is 40.5 Å². The lowest BCUT2D eigenvalue weighted by Gasteiger charge is -2.14. The van der Waals surface area contributed by atoms with Gasteiger partial charge in [-0.1, -0.05) is 55.2 Å². The first-order chi connectivity index (χ1) is 15.9. The molecule has 1 amide bonds. The van der Waals surface area contributed by atoms with Crippen LogP contribution in [0, 0.1) is 5.92 Å². The number of rotatable bonds is 10. The molecule has 0 saturated carbocycles. The summed E-state index contributed by atoms with van der Waals surface area (Å²) in [5, 5.41) is 7.44. The minimum atomic E-state index is 0.0144. The summed E-state index contributed by atoms with van der Waals surface area (Å²) in [5.74, 6) is 1.55. The van der Waals surface area contributed by atoms with Crippen LogP contribution in [0.5, 0.6) is 11.5 Å². The highest BCUT2D eigenvalue weighted by Gasteiger charge is 2.11. The molecule has 0 unspecified atom stereocenters. The highest BCUT2D eigenvalue weighted by atomic mass is 35.5. The Bertz CT molecular complexity index is 1080. The summed E-state index contributed by atoms with van der Waals surface area (Å²) < 4.78 is 11.4. The highest BCUT2D eigenvalue weighted by Crippen LogP contribution is 2.31. The predicted molar refractivity (Wildman–Crippen MR) is 136 cm³/mol. The van der Waals surface area contributed by atoms with Crippen molar-refractivity contribution in [3.8, 4) is 11.5 Å². The minimum Gasteiger partial charge on any atom is -0.493 e. The quantitative estimate of drug-likeness (QED) is 0.318. The van der Waals surface area contributed by atoms with Crippen molar-refractivity contribution in [2.75, 3.05) is 17.7 Å². The third-order valence-electron chi connectivity index (χ3n) is 4.90. The molecule has 3 rings (SSSR count). The van der Waals surface area contributed by atoms with Gasteiger partial charge in [0.05, 0.1) is 7.11 Å². The van der Waals surface area contributed by atoms with Crippen molar-refractivity contribution in [1.82, 2.24) is 0 Å². The summed E-state index contributed by atoms with van der Waals surface area (Å²) in [6.07, 6.45) is 0.495. The second-order valence-corrected chi connectivity index (χ2v) is 8.87. The molecule has 0 fully saturated rings. The van der Waals surface area contributed by atoms with Crippen molar-refractivity contribution in [2.24, 2.45) is 5.92 Å². The summed E-state index contributed by atoms with van der Waals surface area (Å²) in [4.78, 5) is 12.0. The van der Waals surface area contributed by atoms with Crippen LogP contribution in [0.3, 0.4) is 0 Å². The molecule has 5 nitrogen and oxygen atoms in total. The molecule has 0 bridgehead atoms. The van der Waals surface area contributed by atoms with E-state index in [2.05, 4.69) is 10.6 Å². The molecule has 0 aliphatic carbocycles. The Morgan fingerprint density at radius 3 is 2.33 bits per heavy atom. The zero-order valence-electron chi connectivity index (χ0n) is 19.0. The average Bonchev–Trinajstić information content (AvgIpc) is 2.77. The number of benzene rings is 3. The first-order valence-corrected chi connectivity index (χ1v) is 11.5. The number of anilines is 2. The third kappa shape index (κ3) is 7.31. The van der Waals surface area contributed by atoms with Crippen molar-refractivity contribution in [3.05, 3.63) is 81.8 Å². The molecule has 0 aliphatic heterocycles. The van der Waals surface area contributed by atoms with Gasteiger partial charge < -0.3 is 20.1 Å². The second kappa shape index (κ2) is 11.8. The van der Waals surface area contributed by atoms with Gasteiger partial charge in [-0.2, -0.15) is 0 Å². The van der Waals surface area contributed by atoms with E-state index >= 15 is 0 Å². The highest BCUT2D eigenvalue weighted by molar-refractivity contribution is 6.35. The number of amides is 1. The molecule has 3 aromatic carbocycles. The lowest BCUT2D eigenvalue weighted by Crippen LogP contribution is -2.13. The number of hydrogen-bond donors (Lipinski definition) is 2. The number of carbonyl (C=O) groups is 1. The summed E-state index contributed by atoms with van der Waals surface area (Å²) in [6, 6.07) is 18.8. The molecule has 0 spiro atoms. The SMILES string of the molecule is COc1cc(CNc2cccc(NC(=O)CC(C)C)c2)ccc1OCc1c(Cl)cccc1Cl. The van der Waals surface area contributed by atoms with E-state index in [1.54, 1.807) is 25.3 Å². The summed E-state index contributed by atoms with van der Waals surface area (Å²) in [6.45, 7) is 4.86. The molecule has 0 atom stereocenters. The van der Waals surface area contributed by atoms with Crippen molar-refractivity contribution < 1.29 is 14.3 Å². The lowest BCUT2D eigenvalue weighted by atomic mass is 10.1. The van der Waals surface area contributed by atoms with Crippen LogP contribution in [-0.2, 0) is 17.9 Å². The topological polar surface area (TPSA) is 59.6 Å². The predicted octanol–water partition coefficient (Wildman–Crippen LogP) is 7.18. The maximum atomic E-state index is 12.0. The first-order valence-electron chi connectivity index (χ1n) is 10.7. The number of ether oxygens (including phenoxy) is 2. The van der Waals surface area contributed by atoms with Crippen LogP contribution in [0.1, 0.15) is 31.4 Å². The van der Waals surface area contributed by atoms with Crippen LogP contribution in [0.2, 0.25) is 10.0 Å². The Labute approximate surface area is 205 Å². The van der Waals surface area contributed by atoms with Gasteiger partial charge >= 0.3 is 0 Å². The van der Waals surface area contributed by atoms with Crippen molar-refractivity contribution in [2.45, 2.75) is 33.4 Å². The number of carbonyl (C=O) groups excluding carboxylic acids is 1. The number of methoxy groups -OCH3 is 1. The largest absolute Gasteiger partial charge is 0.493 e. The Hall–Kier alpha value is -2.89. The van der Waals surface area contributed by atoms with E-state index in [1.807, 2.05) is 56.3 Å².